The molecule has 2 aromatic rings. The molecule has 1 amide bonds. The number of thiophene rings is 1. The second-order valence-electron chi connectivity index (χ2n) is 9.36. The Morgan fingerprint density at radius 3 is 2.46 bits per heavy atom. The molecule has 190 valence electrons. The lowest BCUT2D eigenvalue weighted by atomic mass is 10.0. The largest absolute Gasteiger partial charge is 0.462 e. The van der Waals surface area contributed by atoms with Crippen LogP contribution >= 0.6 is 11.3 Å². The summed E-state index contributed by atoms with van der Waals surface area (Å²) in [4.78, 5) is 28.6. The minimum atomic E-state index is -3.56. The van der Waals surface area contributed by atoms with Gasteiger partial charge in [0.05, 0.1) is 34.5 Å². The average Bonchev–Trinajstić information content (AvgIpc) is 3.21. The molecular formula is C25H34N3O5S2+. The van der Waals surface area contributed by atoms with E-state index in [4.69, 9.17) is 4.74 Å². The molecule has 35 heavy (non-hydrogen) atoms. The van der Waals surface area contributed by atoms with Gasteiger partial charge in [-0.1, -0.05) is 6.42 Å². The molecule has 1 saturated heterocycles. The third-order valence-electron chi connectivity index (χ3n) is 6.77. The van der Waals surface area contributed by atoms with Gasteiger partial charge in [-0.05, 0) is 63.4 Å². The van der Waals surface area contributed by atoms with Gasteiger partial charge < -0.3 is 15.0 Å². The fraction of sp³-hybridized carbons (Fsp3) is 0.520. The Kier molecular flexibility index (Phi) is 7.95. The van der Waals surface area contributed by atoms with Gasteiger partial charge in [-0.3, -0.25) is 4.79 Å². The van der Waals surface area contributed by atoms with Crippen LogP contribution < -0.4 is 10.2 Å². The molecule has 1 fully saturated rings. The summed E-state index contributed by atoms with van der Waals surface area (Å²) in [5.41, 5.74) is 1.75. The van der Waals surface area contributed by atoms with Crippen LogP contribution in [0, 0.1) is 0 Å². The molecule has 0 spiro atoms. The maximum atomic E-state index is 13.1. The standard InChI is InChI=1S/C25H33N3O5S2/c1-4-33-25(30)22-20-12-15-27(17(2)3)16-21(20)34-24(22)26-23(29)18-8-10-19(11-9-18)35(31,32)28-13-6-5-7-14-28/h8-11,17H,4-7,12-16H2,1-3H3,(H,26,29)/p+1. The molecule has 1 atom stereocenters. The molecule has 0 saturated carbocycles. The van der Waals surface area contributed by atoms with Gasteiger partial charge in [0.1, 0.15) is 11.5 Å². The average molecular weight is 521 g/mol. The van der Waals surface area contributed by atoms with Crippen molar-refractivity contribution in [2.75, 3.05) is 31.6 Å². The Morgan fingerprint density at radius 2 is 1.83 bits per heavy atom. The number of ether oxygens (including phenoxy) is 1. The topological polar surface area (TPSA) is 97.2 Å². The van der Waals surface area contributed by atoms with Crippen molar-refractivity contribution in [2.45, 2.75) is 63.9 Å². The number of quaternary nitrogens is 1. The first-order chi connectivity index (χ1) is 16.7. The summed E-state index contributed by atoms with van der Waals surface area (Å²) in [6.45, 7) is 9.17. The van der Waals surface area contributed by atoms with E-state index in [1.807, 2.05) is 0 Å². The van der Waals surface area contributed by atoms with Crippen LogP contribution in [0.4, 0.5) is 5.00 Å². The normalized spacial score (nSPS) is 18.8. The predicted molar refractivity (Wildman–Crippen MR) is 136 cm³/mol. The predicted octanol–water partition coefficient (Wildman–Crippen LogP) is 2.70. The molecule has 0 aliphatic carbocycles. The lowest BCUT2D eigenvalue weighted by Crippen LogP contribution is -3.14. The number of carbonyl (C=O) groups is 2. The summed E-state index contributed by atoms with van der Waals surface area (Å²) in [6, 6.07) is 6.47. The van der Waals surface area contributed by atoms with Crippen molar-refractivity contribution in [1.82, 2.24) is 4.31 Å². The Morgan fingerprint density at radius 1 is 1.14 bits per heavy atom. The Labute approximate surface area is 211 Å². The number of anilines is 1. The molecule has 0 radical (unpaired) electrons. The van der Waals surface area contributed by atoms with Crippen molar-refractivity contribution < 1.29 is 27.6 Å². The summed E-state index contributed by atoms with van der Waals surface area (Å²) >= 11 is 1.43. The number of piperidine rings is 1. The smallest absolute Gasteiger partial charge is 0.341 e. The van der Waals surface area contributed by atoms with Gasteiger partial charge in [-0.2, -0.15) is 4.31 Å². The molecule has 2 aliphatic heterocycles. The zero-order chi connectivity index (χ0) is 25.2. The number of amides is 1. The van der Waals surface area contributed by atoms with Crippen LogP contribution in [0.5, 0.6) is 0 Å². The molecule has 4 rings (SSSR count). The van der Waals surface area contributed by atoms with Gasteiger partial charge in [0.2, 0.25) is 10.0 Å². The number of sulfonamides is 1. The molecule has 2 aliphatic rings. The van der Waals surface area contributed by atoms with Crippen LogP contribution in [0.2, 0.25) is 0 Å². The van der Waals surface area contributed by atoms with Crippen molar-refractivity contribution >= 4 is 38.2 Å². The maximum absolute atomic E-state index is 13.1. The first-order valence-corrected chi connectivity index (χ1v) is 14.6. The second kappa shape index (κ2) is 10.8. The third kappa shape index (κ3) is 5.45. The molecule has 1 aromatic heterocycles. The zero-order valence-electron chi connectivity index (χ0n) is 20.6. The van der Waals surface area contributed by atoms with Crippen molar-refractivity contribution in [1.29, 1.82) is 0 Å². The molecule has 2 N–H and O–H groups in total. The summed E-state index contributed by atoms with van der Waals surface area (Å²) in [6.07, 6.45) is 3.53. The Balaban J connectivity index is 1.56. The Hall–Kier alpha value is -2.27. The van der Waals surface area contributed by atoms with E-state index in [0.29, 0.717) is 35.3 Å². The monoisotopic (exact) mass is 520 g/mol. The van der Waals surface area contributed by atoms with E-state index in [-0.39, 0.29) is 17.4 Å². The molecule has 1 aromatic carbocycles. The zero-order valence-corrected chi connectivity index (χ0v) is 22.2. The minimum Gasteiger partial charge on any atom is -0.462 e. The number of nitrogens with one attached hydrogen (secondary N) is 2. The number of fused-ring (bicyclic) bond motifs is 1. The minimum absolute atomic E-state index is 0.187. The summed E-state index contributed by atoms with van der Waals surface area (Å²) in [5, 5.41) is 3.39. The van der Waals surface area contributed by atoms with Gasteiger partial charge in [-0.15, -0.1) is 11.3 Å². The van der Waals surface area contributed by atoms with Crippen molar-refractivity contribution in [3.63, 3.8) is 0 Å². The van der Waals surface area contributed by atoms with E-state index >= 15 is 0 Å². The van der Waals surface area contributed by atoms with Crippen molar-refractivity contribution in [2.24, 2.45) is 0 Å². The number of hydrogen-bond donors (Lipinski definition) is 2. The van der Waals surface area contributed by atoms with E-state index in [0.717, 1.165) is 49.2 Å². The number of rotatable bonds is 7. The van der Waals surface area contributed by atoms with E-state index in [1.54, 1.807) is 6.92 Å². The summed E-state index contributed by atoms with van der Waals surface area (Å²) in [7, 11) is -3.56. The summed E-state index contributed by atoms with van der Waals surface area (Å²) in [5.74, 6) is -0.805. The molecular weight excluding hydrogens is 486 g/mol. The van der Waals surface area contributed by atoms with E-state index < -0.39 is 16.0 Å². The Bertz CT molecular complexity index is 1180. The number of hydrogen-bond acceptors (Lipinski definition) is 6. The second-order valence-corrected chi connectivity index (χ2v) is 12.4. The van der Waals surface area contributed by atoms with Crippen molar-refractivity contribution in [3.8, 4) is 0 Å². The van der Waals surface area contributed by atoms with E-state index in [1.165, 1.54) is 44.8 Å². The fourth-order valence-corrected chi connectivity index (χ4v) is 7.51. The number of nitrogens with zero attached hydrogens (tertiary/aromatic N) is 1. The summed E-state index contributed by atoms with van der Waals surface area (Å²) < 4.78 is 32.6. The van der Waals surface area contributed by atoms with Gasteiger partial charge in [0.15, 0.2) is 0 Å². The lowest BCUT2D eigenvalue weighted by Gasteiger charge is -2.27. The number of carbonyl (C=O) groups excluding carboxylic acids is 2. The molecule has 10 heteroatoms. The molecule has 1 unspecified atom stereocenters. The number of esters is 1. The first-order valence-electron chi connectivity index (χ1n) is 12.3. The quantitative estimate of drug-likeness (QED) is 0.547. The van der Waals surface area contributed by atoms with E-state index in [9.17, 15) is 18.0 Å². The third-order valence-corrected chi connectivity index (χ3v) is 9.83. The van der Waals surface area contributed by atoms with Crippen LogP contribution in [0.1, 0.15) is 71.2 Å². The van der Waals surface area contributed by atoms with Crippen molar-refractivity contribution in [3.05, 3.63) is 45.8 Å². The van der Waals surface area contributed by atoms with Gasteiger partial charge in [0.25, 0.3) is 5.91 Å². The van der Waals surface area contributed by atoms with Gasteiger partial charge in [0, 0.05) is 25.1 Å². The lowest BCUT2D eigenvalue weighted by molar-refractivity contribution is -0.936. The highest BCUT2D eigenvalue weighted by Crippen LogP contribution is 2.36. The highest BCUT2D eigenvalue weighted by Gasteiger charge is 2.32. The van der Waals surface area contributed by atoms with Gasteiger partial charge in [-0.25, -0.2) is 13.2 Å². The van der Waals surface area contributed by atoms with Crippen LogP contribution in [-0.2, 0) is 27.7 Å². The molecule has 3 heterocycles. The van der Waals surface area contributed by atoms with E-state index in [2.05, 4.69) is 19.2 Å². The number of benzene rings is 1. The highest BCUT2D eigenvalue weighted by molar-refractivity contribution is 7.89. The van der Waals surface area contributed by atoms with Crippen LogP contribution in [0.3, 0.4) is 0 Å². The van der Waals surface area contributed by atoms with Gasteiger partial charge >= 0.3 is 5.97 Å². The van der Waals surface area contributed by atoms with Crippen LogP contribution in [0.25, 0.3) is 0 Å². The first kappa shape index (κ1) is 25.8. The SMILES string of the molecule is CCOC(=O)c1c(NC(=O)c2ccc(S(=O)(=O)N3CCCCC3)cc2)sc2c1CC[NH+](C(C)C)C2. The maximum Gasteiger partial charge on any atom is 0.341 e. The molecule has 8 nitrogen and oxygen atoms in total. The molecule has 0 bridgehead atoms. The van der Waals surface area contributed by atoms with Crippen LogP contribution in [-0.4, -0.2) is 56.9 Å². The fourth-order valence-electron chi connectivity index (χ4n) is 4.71. The van der Waals surface area contributed by atoms with Crippen LogP contribution in [0.15, 0.2) is 29.2 Å². The highest BCUT2D eigenvalue weighted by atomic mass is 32.2.